The van der Waals surface area contributed by atoms with Crippen LogP contribution in [0.25, 0.3) is 0 Å². The second-order valence-corrected chi connectivity index (χ2v) is 5.52. The Morgan fingerprint density at radius 1 is 1.43 bits per heavy atom. The molecule has 0 unspecified atom stereocenters. The van der Waals surface area contributed by atoms with Crippen molar-refractivity contribution in [3.63, 3.8) is 0 Å². The molecule has 0 radical (unpaired) electrons. The summed E-state index contributed by atoms with van der Waals surface area (Å²) in [4.78, 5) is 23.5. The number of carbonyl (C=O) groups excluding carboxylic acids is 2. The number of rotatable bonds is 5. The summed E-state index contributed by atoms with van der Waals surface area (Å²) >= 11 is 0. The summed E-state index contributed by atoms with van der Waals surface area (Å²) in [5.74, 6) is -1.19. The molecule has 0 spiro atoms. The van der Waals surface area contributed by atoms with Crippen LogP contribution in [0, 0.1) is 5.82 Å². The van der Waals surface area contributed by atoms with Crippen molar-refractivity contribution in [3.8, 4) is 5.75 Å². The van der Waals surface area contributed by atoms with Gasteiger partial charge in [0.05, 0.1) is 11.6 Å². The van der Waals surface area contributed by atoms with E-state index in [2.05, 4.69) is 10.6 Å². The van der Waals surface area contributed by atoms with Crippen LogP contribution in [0.1, 0.15) is 23.2 Å². The van der Waals surface area contributed by atoms with E-state index in [4.69, 9.17) is 9.47 Å². The highest BCUT2D eigenvalue weighted by Gasteiger charge is 2.42. The van der Waals surface area contributed by atoms with E-state index >= 15 is 0 Å². The number of hydrogen-bond donors (Lipinski definition) is 2. The van der Waals surface area contributed by atoms with Crippen LogP contribution in [-0.4, -0.2) is 43.5 Å². The molecule has 8 heteroatoms. The summed E-state index contributed by atoms with van der Waals surface area (Å²) in [5, 5.41) is 5.35. The summed E-state index contributed by atoms with van der Waals surface area (Å²) in [5.41, 5.74) is -0.140. The molecule has 6 nitrogen and oxygen atoms in total. The average Bonchev–Trinajstić information content (AvgIpc) is 2.79. The molecular formula is C15H16F2N2O4. The van der Waals surface area contributed by atoms with Crippen molar-refractivity contribution in [3.05, 3.63) is 29.6 Å². The minimum Gasteiger partial charge on any atom is -0.491 e. The van der Waals surface area contributed by atoms with E-state index in [-0.39, 0.29) is 30.0 Å². The first-order chi connectivity index (χ1) is 11.1. The summed E-state index contributed by atoms with van der Waals surface area (Å²) in [6.45, 7) is -0.852. The maximum Gasteiger partial charge on any atom is 0.407 e. The molecule has 1 aromatic carbocycles. The van der Waals surface area contributed by atoms with Gasteiger partial charge in [-0.05, 0) is 18.6 Å². The molecule has 2 aliphatic rings. The van der Waals surface area contributed by atoms with Gasteiger partial charge in [0, 0.05) is 18.5 Å². The van der Waals surface area contributed by atoms with Crippen LogP contribution >= 0.6 is 0 Å². The molecule has 3 rings (SSSR count). The number of fused-ring (bicyclic) bond motifs is 2. The smallest absolute Gasteiger partial charge is 0.407 e. The summed E-state index contributed by atoms with van der Waals surface area (Å²) in [6, 6.07) is 3.34. The van der Waals surface area contributed by atoms with Gasteiger partial charge in [0.15, 0.2) is 0 Å². The fraction of sp³-hybridized carbons (Fsp3) is 0.467. The third-order valence-electron chi connectivity index (χ3n) is 3.93. The lowest BCUT2D eigenvalue weighted by molar-refractivity contribution is 0.0658. The lowest BCUT2D eigenvalue weighted by Gasteiger charge is -2.23. The molecule has 2 fully saturated rings. The number of carbonyl (C=O) groups is 2. The Morgan fingerprint density at radius 3 is 3.00 bits per heavy atom. The predicted molar refractivity (Wildman–Crippen MR) is 75.6 cm³/mol. The first-order valence-corrected chi connectivity index (χ1v) is 7.33. The lowest BCUT2D eigenvalue weighted by atomic mass is 10.1. The highest BCUT2D eigenvalue weighted by molar-refractivity contribution is 5.95. The van der Waals surface area contributed by atoms with E-state index in [1.807, 2.05) is 0 Å². The molecule has 3 atom stereocenters. The number of ether oxygens (including phenoxy) is 2. The van der Waals surface area contributed by atoms with Crippen molar-refractivity contribution in [2.24, 2.45) is 0 Å². The third-order valence-corrected chi connectivity index (χ3v) is 3.93. The SMILES string of the molecule is O=C1N[C@@H]2C[C@@H](NC(=O)c3ccc(OCCF)cc3F)[C@@H](C2)O1. The number of benzene rings is 1. The molecule has 2 N–H and O–H groups in total. The fourth-order valence-corrected chi connectivity index (χ4v) is 2.91. The van der Waals surface area contributed by atoms with Gasteiger partial charge in [0.1, 0.15) is 31.0 Å². The lowest BCUT2D eigenvalue weighted by Crippen LogP contribution is -2.44. The molecule has 1 aromatic rings. The predicted octanol–water partition coefficient (Wildman–Crippen LogP) is 1.54. The van der Waals surface area contributed by atoms with Crippen molar-refractivity contribution in [1.29, 1.82) is 0 Å². The Balaban J connectivity index is 1.65. The monoisotopic (exact) mass is 326 g/mol. The molecule has 1 aliphatic heterocycles. The van der Waals surface area contributed by atoms with E-state index in [1.165, 1.54) is 12.1 Å². The Kier molecular flexibility index (Phi) is 4.31. The normalized spacial score (nSPS) is 25.5. The van der Waals surface area contributed by atoms with E-state index in [1.54, 1.807) is 0 Å². The van der Waals surface area contributed by atoms with Crippen LogP contribution in [-0.2, 0) is 4.74 Å². The zero-order valence-electron chi connectivity index (χ0n) is 12.2. The quantitative estimate of drug-likeness (QED) is 0.861. The van der Waals surface area contributed by atoms with Gasteiger partial charge in [-0.1, -0.05) is 0 Å². The van der Waals surface area contributed by atoms with Gasteiger partial charge in [-0.2, -0.15) is 0 Å². The van der Waals surface area contributed by atoms with Crippen molar-refractivity contribution in [2.75, 3.05) is 13.3 Å². The molecule has 1 aliphatic carbocycles. The summed E-state index contributed by atoms with van der Waals surface area (Å²) < 4.78 is 36.1. The number of alkyl carbamates (subject to hydrolysis) is 1. The topological polar surface area (TPSA) is 76.7 Å². The van der Waals surface area contributed by atoms with Crippen molar-refractivity contribution in [2.45, 2.75) is 31.0 Å². The van der Waals surface area contributed by atoms with Crippen molar-refractivity contribution in [1.82, 2.24) is 10.6 Å². The number of amides is 2. The molecule has 1 heterocycles. The van der Waals surface area contributed by atoms with Gasteiger partial charge in [-0.15, -0.1) is 0 Å². The molecule has 2 bridgehead atoms. The first-order valence-electron chi connectivity index (χ1n) is 7.33. The summed E-state index contributed by atoms with van der Waals surface area (Å²) in [7, 11) is 0. The van der Waals surface area contributed by atoms with Crippen LogP contribution < -0.4 is 15.4 Å². The molecule has 1 saturated heterocycles. The zero-order chi connectivity index (χ0) is 16.4. The van der Waals surface area contributed by atoms with Gasteiger partial charge >= 0.3 is 6.09 Å². The Hall–Kier alpha value is -2.38. The minimum atomic E-state index is -0.755. The zero-order valence-corrected chi connectivity index (χ0v) is 12.2. The van der Waals surface area contributed by atoms with Crippen LogP contribution in [0.2, 0.25) is 0 Å². The van der Waals surface area contributed by atoms with Gasteiger partial charge < -0.3 is 20.1 Å². The highest BCUT2D eigenvalue weighted by atomic mass is 19.1. The highest BCUT2D eigenvalue weighted by Crippen LogP contribution is 2.27. The van der Waals surface area contributed by atoms with Gasteiger partial charge in [-0.25, -0.2) is 13.6 Å². The minimum absolute atomic E-state index is 0.0344. The largest absolute Gasteiger partial charge is 0.491 e. The number of hydrogen-bond acceptors (Lipinski definition) is 4. The second-order valence-electron chi connectivity index (χ2n) is 5.52. The first kappa shape index (κ1) is 15.5. The molecular weight excluding hydrogens is 310 g/mol. The molecule has 23 heavy (non-hydrogen) atoms. The molecule has 2 amide bonds. The van der Waals surface area contributed by atoms with Crippen molar-refractivity contribution >= 4 is 12.0 Å². The van der Waals surface area contributed by atoms with E-state index in [9.17, 15) is 18.4 Å². The van der Waals surface area contributed by atoms with Gasteiger partial charge in [0.2, 0.25) is 0 Å². The van der Waals surface area contributed by atoms with Gasteiger partial charge in [0.25, 0.3) is 5.91 Å². The van der Waals surface area contributed by atoms with E-state index in [0.717, 1.165) is 6.07 Å². The van der Waals surface area contributed by atoms with Crippen LogP contribution in [0.4, 0.5) is 13.6 Å². The van der Waals surface area contributed by atoms with Crippen molar-refractivity contribution < 1.29 is 27.8 Å². The second kappa shape index (κ2) is 6.39. The van der Waals surface area contributed by atoms with E-state index in [0.29, 0.717) is 12.8 Å². The van der Waals surface area contributed by atoms with Crippen LogP contribution in [0.5, 0.6) is 5.75 Å². The average molecular weight is 326 g/mol. The maximum absolute atomic E-state index is 14.0. The van der Waals surface area contributed by atoms with Crippen LogP contribution in [0.3, 0.4) is 0 Å². The van der Waals surface area contributed by atoms with E-state index < -0.39 is 30.6 Å². The molecule has 0 aromatic heterocycles. The number of nitrogens with one attached hydrogen (secondary N) is 2. The fourth-order valence-electron chi connectivity index (χ4n) is 2.91. The Bertz CT molecular complexity index is 625. The molecule has 124 valence electrons. The van der Waals surface area contributed by atoms with Gasteiger partial charge in [-0.3, -0.25) is 4.79 Å². The van der Waals surface area contributed by atoms with Crippen LogP contribution in [0.15, 0.2) is 18.2 Å². The maximum atomic E-state index is 14.0. The summed E-state index contributed by atoms with van der Waals surface area (Å²) in [6.07, 6.45) is 0.271. The third kappa shape index (κ3) is 3.35. The standard InChI is InChI=1S/C15H16F2N2O4/c16-3-4-22-9-1-2-10(11(17)7-9)14(20)19-12-5-8-6-13(12)23-15(21)18-8/h1-2,7-8,12-13H,3-6H2,(H,18,21)(H,19,20)/t8-,12-,13-/m1/s1. The number of alkyl halides is 1. The Labute approximate surface area is 131 Å². The number of halogens is 2. The Morgan fingerprint density at radius 2 is 2.26 bits per heavy atom. The molecule has 1 saturated carbocycles.